The van der Waals surface area contributed by atoms with Crippen LogP contribution in [0.2, 0.25) is 0 Å². The van der Waals surface area contributed by atoms with Crippen molar-refractivity contribution in [1.82, 2.24) is 14.8 Å². The maximum atomic E-state index is 5.45. The zero-order chi connectivity index (χ0) is 20.1. The third kappa shape index (κ3) is 4.42. The summed E-state index contributed by atoms with van der Waals surface area (Å²) in [6, 6.07) is 4.16. The second-order valence-electron chi connectivity index (χ2n) is 7.29. The average molecular weight is 379 g/mol. The lowest BCUT2D eigenvalue weighted by atomic mass is 10.0. The largest absolute Gasteiger partial charge is 0.381 e. The third-order valence-corrected chi connectivity index (χ3v) is 5.16. The lowest BCUT2D eigenvalue weighted by Crippen LogP contribution is -2.37. The molecule has 1 fully saturated rings. The fourth-order valence-electron chi connectivity index (χ4n) is 3.50. The molecule has 0 N–H and O–H groups in total. The monoisotopic (exact) mass is 378 g/mol. The van der Waals surface area contributed by atoms with Gasteiger partial charge in [-0.15, -0.1) is 0 Å². The van der Waals surface area contributed by atoms with Crippen molar-refractivity contribution in [3.63, 3.8) is 0 Å². The first-order chi connectivity index (χ1) is 13.5. The zero-order valence-corrected chi connectivity index (χ0v) is 17.4. The van der Waals surface area contributed by atoms with Crippen molar-refractivity contribution in [3.05, 3.63) is 66.2 Å². The molecule has 3 heterocycles. The van der Waals surface area contributed by atoms with Gasteiger partial charge in [0, 0.05) is 32.0 Å². The molecule has 2 aromatic heterocycles. The standard InChI is InChI=1S/C23H30N4O/c1-6-7-8-21(17(2)3)23-18(4)16-27(25-23)19-9-10-22(24-15-19)26-13-11-20(28-5)12-14-26/h6-10,15-16,20H,2,11-14H2,1,3-5H3/b7-6-,21-8+. The van der Waals surface area contributed by atoms with Crippen molar-refractivity contribution in [2.75, 3.05) is 25.1 Å². The normalized spacial score (nSPS) is 16.1. The predicted molar refractivity (Wildman–Crippen MR) is 116 cm³/mol. The molecule has 0 aromatic carbocycles. The summed E-state index contributed by atoms with van der Waals surface area (Å²) in [4.78, 5) is 7.00. The lowest BCUT2D eigenvalue weighted by molar-refractivity contribution is 0.0818. The van der Waals surface area contributed by atoms with Gasteiger partial charge < -0.3 is 9.64 Å². The summed E-state index contributed by atoms with van der Waals surface area (Å²) in [6.07, 6.45) is 12.5. The quantitative estimate of drug-likeness (QED) is 0.682. The van der Waals surface area contributed by atoms with Crippen molar-refractivity contribution in [3.8, 4) is 5.69 Å². The van der Waals surface area contributed by atoms with Gasteiger partial charge in [0.1, 0.15) is 5.82 Å². The number of methoxy groups -OCH3 is 1. The van der Waals surface area contributed by atoms with Crippen LogP contribution in [0.25, 0.3) is 11.3 Å². The van der Waals surface area contributed by atoms with Gasteiger partial charge in [0.15, 0.2) is 0 Å². The summed E-state index contributed by atoms with van der Waals surface area (Å²) in [5.41, 5.74) is 5.08. The molecule has 148 valence electrons. The Morgan fingerprint density at radius 2 is 2.04 bits per heavy atom. The number of hydrogen-bond donors (Lipinski definition) is 0. The molecule has 5 nitrogen and oxygen atoms in total. The fraction of sp³-hybridized carbons (Fsp3) is 0.391. The molecule has 0 spiro atoms. The number of pyridine rings is 1. The molecule has 1 aliphatic rings. The molecule has 0 unspecified atom stereocenters. The number of aromatic nitrogens is 3. The number of nitrogens with zero attached hydrogens (tertiary/aromatic N) is 4. The molecule has 0 saturated carbocycles. The van der Waals surface area contributed by atoms with E-state index in [2.05, 4.69) is 41.6 Å². The van der Waals surface area contributed by atoms with Gasteiger partial charge in [-0.2, -0.15) is 5.10 Å². The molecule has 0 amide bonds. The van der Waals surface area contributed by atoms with E-state index >= 15 is 0 Å². The summed E-state index contributed by atoms with van der Waals surface area (Å²) in [5, 5.41) is 4.80. The van der Waals surface area contributed by atoms with Crippen LogP contribution in [0.15, 0.2) is 54.9 Å². The Hall–Kier alpha value is -2.66. The van der Waals surface area contributed by atoms with Gasteiger partial charge >= 0.3 is 0 Å². The van der Waals surface area contributed by atoms with E-state index in [0.717, 1.165) is 59.8 Å². The van der Waals surface area contributed by atoms with Crippen LogP contribution in [0.4, 0.5) is 5.82 Å². The first-order valence-electron chi connectivity index (χ1n) is 9.83. The van der Waals surface area contributed by atoms with Gasteiger partial charge in [-0.05, 0) is 56.9 Å². The molecular weight excluding hydrogens is 348 g/mol. The Bertz CT molecular complexity index is 869. The number of hydrogen-bond acceptors (Lipinski definition) is 4. The molecule has 0 atom stereocenters. The summed E-state index contributed by atoms with van der Waals surface area (Å²) < 4.78 is 7.35. The number of piperidine rings is 1. The molecular formula is C23H30N4O. The van der Waals surface area contributed by atoms with E-state index in [9.17, 15) is 0 Å². The minimum Gasteiger partial charge on any atom is -0.381 e. The summed E-state index contributed by atoms with van der Waals surface area (Å²) in [5.74, 6) is 1.01. The predicted octanol–water partition coefficient (Wildman–Crippen LogP) is 4.73. The van der Waals surface area contributed by atoms with Crippen molar-refractivity contribution >= 4 is 11.4 Å². The van der Waals surface area contributed by atoms with E-state index in [1.807, 2.05) is 43.1 Å². The van der Waals surface area contributed by atoms with Crippen molar-refractivity contribution in [2.45, 2.75) is 39.7 Å². The summed E-state index contributed by atoms with van der Waals surface area (Å²) in [7, 11) is 1.79. The van der Waals surface area contributed by atoms with Crippen molar-refractivity contribution in [2.24, 2.45) is 0 Å². The first kappa shape index (κ1) is 20.1. The van der Waals surface area contributed by atoms with E-state index in [1.165, 1.54) is 0 Å². The third-order valence-electron chi connectivity index (χ3n) is 5.16. The Balaban J connectivity index is 1.80. The average Bonchev–Trinajstić information content (AvgIpc) is 3.10. The van der Waals surface area contributed by atoms with E-state index < -0.39 is 0 Å². The topological polar surface area (TPSA) is 43.2 Å². The minimum atomic E-state index is 0.374. The van der Waals surface area contributed by atoms with Crippen LogP contribution < -0.4 is 4.90 Å². The number of rotatable bonds is 6. The maximum Gasteiger partial charge on any atom is 0.128 e. The molecule has 5 heteroatoms. The van der Waals surface area contributed by atoms with Crippen LogP contribution in [-0.4, -0.2) is 41.1 Å². The highest BCUT2D eigenvalue weighted by atomic mass is 16.5. The molecule has 0 radical (unpaired) electrons. The first-order valence-corrected chi connectivity index (χ1v) is 9.83. The Labute approximate surface area is 168 Å². The van der Waals surface area contributed by atoms with E-state index in [4.69, 9.17) is 9.84 Å². The van der Waals surface area contributed by atoms with Crippen LogP contribution in [0.3, 0.4) is 0 Å². The maximum absolute atomic E-state index is 5.45. The highest BCUT2D eigenvalue weighted by Gasteiger charge is 2.19. The SMILES string of the molecule is C=C(C)/C(=C\C=C/C)c1nn(-c2ccc(N3CCC(OC)CC3)nc2)cc1C. The van der Waals surface area contributed by atoms with Crippen molar-refractivity contribution < 1.29 is 4.74 Å². The van der Waals surface area contributed by atoms with Crippen LogP contribution in [0.1, 0.15) is 37.9 Å². The van der Waals surface area contributed by atoms with Crippen molar-refractivity contribution in [1.29, 1.82) is 0 Å². The lowest BCUT2D eigenvalue weighted by Gasteiger charge is -2.32. The number of ether oxygens (including phenoxy) is 1. The minimum absolute atomic E-state index is 0.374. The molecule has 0 bridgehead atoms. The Morgan fingerprint density at radius 3 is 2.61 bits per heavy atom. The van der Waals surface area contributed by atoms with Crippen LogP contribution in [0, 0.1) is 6.92 Å². The van der Waals surface area contributed by atoms with Gasteiger partial charge in [-0.3, -0.25) is 0 Å². The number of anilines is 1. The number of aryl methyl sites for hydroxylation is 1. The van der Waals surface area contributed by atoms with E-state index in [1.54, 1.807) is 7.11 Å². The van der Waals surface area contributed by atoms with Gasteiger partial charge in [-0.1, -0.05) is 24.8 Å². The molecule has 3 rings (SSSR count). The van der Waals surface area contributed by atoms with Gasteiger partial charge in [0.25, 0.3) is 0 Å². The molecule has 1 saturated heterocycles. The summed E-state index contributed by atoms with van der Waals surface area (Å²) in [6.45, 7) is 12.2. The van der Waals surface area contributed by atoms with Crippen LogP contribution >= 0.6 is 0 Å². The zero-order valence-electron chi connectivity index (χ0n) is 17.4. The summed E-state index contributed by atoms with van der Waals surface area (Å²) >= 11 is 0. The van der Waals surface area contributed by atoms with Gasteiger partial charge in [-0.25, -0.2) is 9.67 Å². The Morgan fingerprint density at radius 1 is 1.29 bits per heavy atom. The molecule has 0 aliphatic carbocycles. The highest BCUT2D eigenvalue weighted by Crippen LogP contribution is 2.25. The number of allylic oxidation sites excluding steroid dienone is 5. The van der Waals surface area contributed by atoms with Gasteiger partial charge in [0.05, 0.1) is 23.7 Å². The molecule has 2 aromatic rings. The van der Waals surface area contributed by atoms with Crippen LogP contribution in [0.5, 0.6) is 0 Å². The van der Waals surface area contributed by atoms with E-state index in [0.29, 0.717) is 6.10 Å². The van der Waals surface area contributed by atoms with Crippen LogP contribution in [-0.2, 0) is 4.74 Å². The van der Waals surface area contributed by atoms with Gasteiger partial charge in [0.2, 0.25) is 0 Å². The highest BCUT2D eigenvalue weighted by molar-refractivity contribution is 5.78. The van der Waals surface area contributed by atoms with E-state index in [-0.39, 0.29) is 0 Å². The molecule has 1 aliphatic heterocycles. The molecule has 28 heavy (non-hydrogen) atoms. The Kier molecular flexibility index (Phi) is 6.47. The second kappa shape index (κ2) is 9.02. The fourth-order valence-corrected chi connectivity index (χ4v) is 3.50. The smallest absolute Gasteiger partial charge is 0.128 e. The second-order valence-corrected chi connectivity index (χ2v) is 7.29.